The summed E-state index contributed by atoms with van der Waals surface area (Å²) in [5.41, 5.74) is 1.71. The smallest absolute Gasteiger partial charge is 0.245 e. The van der Waals surface area contributed by atoms with Crippen molar-refractivity contribution in [3.8, 4) is 22.8 Å². The van der Waals surface area contributed by atoms with Crippen LogP contribution in [0.1, 0.15) is 0 Å². The van der Waals surface area contributed by atoms with E-state index >= 15 is 0 Å². The molecular weight excluding hydrogens is 354 g/mol. The molecule has 2 aliphatic rings. The Bertz CT molecular complexity index is 733. The van der Waals surface area contributed by atoms with Crippen LogP contribution in [0, 0.1) is 0 Å². The number of halogens is 1. The molecule has 4 rings (SSSR count). The summed E-state index contributed by atoms with van der Waals surface area (Å²) in [6.45, 7) is 1.94. The highest BCUT2D eigenvalue weighted by Gasteiger charge is 2.22. The van der Waals surface area contributed by atoms with Crippen molar-refractivity contribution in [2.75, 3.05) is 31.9 Å². The summed E-state index contributed by atoms with van der Waals surface area (Å²) in [6.07, 6.45) is 0. The number of anilines is 1. The van der Waals surface area contributed by atoms with Crippen molar-refractivity contribution < 1.29 is 19.0 Å². The van der Waals surface area contributed by atoms with E-state index in [4.69, 9.17) is 14.2 Å². The first-order valence-corrected chi connectivity index (χ1v) is 8.15. The van der Waals surface area contributed by atoms with E-state index in [0.717, 1.165) is 17.0 Å². The Balaban J connectivity index is 0.00000169. The maximum absolute atomic E-state index is 12.1. The zero-order valence-corrected chi connectivity index (χ0v) is 14.2. The van der Waals surface area contributed by atoms with Crippen LogP contribution >= 0.6 is 23.7 Å². The van der Waals surface area contributed by atoms with Crippen molar-refractivity contribution in [3.05, 3.63) is 23.6 Å². The van der Waals surface area contributed by atoms with Gasteiger partial charge in [0.15, 0.2) is 16.6 Å². The van der Waals surface area contributed by atoms with Crippen molar-refractivity contribution in [2.45, 2.75) is 6.04 Å². The van der Waals surface area contributed by atoms with Gasteiger partial charge in [0.2, 0.25) is 12.7 Å². The Hall–Kier alpha value is -1.87. The molecule has 2 aliphatic heterocycles. The standard InChI is InChI=1S/C15H15N3O4S.ClH/c19-14(10-6-20-4-3-16-10)18-15-17-11(7-23-15)9-1-2-12-13(5-9)22-8-21-12;/h1-2,5,7,10,16H,3-4,6,8H2,(H,17,18,19);1H. The van der Waals surface area contributed by atoms with Gasteiger partial charge in [-0.2, -0.15) is 0 Å². The first-order chi connectivity index (χ1) is 11.3. The van der Waals surface area contributed by atoms with E-state index in [0.29, 0.717) is 30.6 Å². The van der Waals surface area contributed by atoms with Crippen LogP contribution in [0.3, 0.4) is 0 Å². The van der Waals surface area contributed by atoms with Crippen LogP contribution in [0.15, 0.2) is 23.6 Å². The number of morpholine rings is 1. The number of ether oxygens (including phenoxy) is 3. The summed E-state index contributed by atoms with van der Waals surface area (Å²) in [6, 6.07) is 5.34. The number of hydrogen-bond donors (Lipinski definition) is 2. The second-order valence-electron chi connectivity index (χ2n) is 5.18. The largest absolute Gasteiger partial charge is 0.454 e. The van der Waals surface area contributed by atoms with Crippen molar-refractivity contribution in [1.82, 2.24) is 10.3 Å². The number of nitrogens with zero attached hydrogens (tertiary/aromatic N) is 1. The minimum absolute atomic E-state index is 0. The predicted molar refractivity (Wildman–Crippen MR) is 92.2 cm³/mol. The molecule has 1 aromatic heterocycles. The highest BCUT2D eigenvalue weighted by atomic mass is 35.5. The molecule has 0 spiro atoms. The van der Waals surface area contributed by atoms with Crippen LogP contribution in [-0.2, 0) is 9.53 Å². The number of aromatic nitrogens is 1. The molecule has 128 valence electrons. The number of rotatable bonds is 3. The van der Waals surface area contributed by atoms with Gasteiger partial charge in [-0.25, -0.2) is 4.98 Å². The Morgan fingerprint density at radius 2 is 2.21 bits per heavy atom. The van der Waals surface area contributed by atoms with E-state index in [2.05, 4.69) is 15.6 Å². The first kappa shape index (κ1) is 17.0. The van der Waals surface area contributed by atoms with Crippen LogP contribution < -0.4 is 20.1 Å². The number of benzene rings is 1. The van der Waals surface area contributed by atoms with Gasteiger partial charge in [0.25, 0.3) is 0 Å². The summed E-state index contributed by atoms with van der Waals surface area (Å²) in [5, 5.41) is 8.40. The van der Waals surface area contributed by atoms with Crippen LogP contribution in [0.2, 0.25) is 0 Å². The molecule has 0 aliphatic carbocycles. The second kappa shape index (κ2) is 7.35. The van der Waals surface area contributed by atoms with Gasteiger partial charge in [-0.3, -0.25) is 4.79 Å². The maximum atomic E-state index is 12.1. The maximum Gasteiger partial charge on any atom is 0.245 e. The third-order valence-electron chi connectivity index (χ3n) is 3.64. The fourth-order valence-electron chi connectivity index (χ4n) is 2.45. The number of hydrogen-bond acceptors (Lipinski definition) is 7. The summed E-state index contributed by atoms with van der Waals surface area (Å²) >= 11 is 1.39. The summed E-state index contributed by atoms with van der Waals surface area (Å²) < 4.78 is 16.0. The van der Waals surface area contributed by atoms with Crippen LogP contribution in [0.5, 0.6) is 11.5 Å². The zero-order chi connectivity index (χ0) is 15.6. The molecule has 0 radical (unpaired) electrons. The lowest BCUT2D eigenvalue weighted by molar-refractivity contribution is -0.120. The van der Waals surface area contributed by atoms with E-state index in [-0.39, 0.29) is 31.1 Å². The Labute approximate surface area is 148 Å². The molecule has 1 amide bonds. The predicted octanol–water partition coefficient (Wildman–Crippen LogP) is 1.89. The molecule has 1 unspecified atom stereocenters. The highest BCUT2D eigenvalue weighted by molar-refractivity contribution is 7.14. The van der Waals surface area contributed by atoms with Crippen molar-refractivity contribution in [2.24, 2.45) is 0 Å². The van der Waals surface area contributed by atoms with E-state index < -0.39 is 0 Å². The normalized spacial score (nSPS) is 18.8. The van der Waals surface area contributed by atoms with E-state index in [1.807, 2.05) is 23.6 Å². The molecule has 24 heavy (non-hydrogen) atoms. The molecule has 7 nitrogen and oxygen atoms in total. The number of carbonyl (C=O) groups excluding carboxylic acids is 1. The number of thiazole rings is 1. The topological polar surface area (TPSA) is 81.7 Å². The molecule has 0 bridgehead atoms. The number of carbonyl (C=O) groups is 1. The van der Waals surface area contributed by atoms with Gasteiger partial charge in [-0.15, -0.1) is 23.7 Å². The SMILES string of the molecule is Cl.O=C(Nc1nc(-c2ccc3c(c2)OCO3)cs1)C1COCCN1. The Morgan fingerprint density at radius 1 is 1.33 bits per heavy atom. The van der Waals surface area contributed by atoms with Gasteiger partial charge in [-0.1, -0.05) is 0 Å². The zero-order valence-electron chi connectivity index (χ0n) is 12.6. The molecule has 1 fully saturated rings. The van der Waals surface area contributed by atoms with Crippen molar-refractivity contribution in [3.63, 3.8) is 0 Å². The first-order valence-electron chi connectivity index (χ1n) is 7.27. The number of nitrogens with one attached hydrogen (secondary N) is 2. The Kier molecular flexibility index (Phi) is 5.20. The van der Waals surface area contributed by atoms with Gasteiger partial charge >= 0.3 is 0 Å². The molecule has 3 heterocycles. The summed E-state index contributed by atoms with van der Waals surface area (Å²) in [5.74, 6) is 1.32. The fourth-order valence-corrected chi connectivity index (χ4v) is 3.17. The van der Waals surface area contributed by atoms with Gasteiger partial charge in [0.1, 0.15) is 6.04 Å². The summed E-state index contributed by atoms with van der Waals surface area (Å²) in [7, 11) is 0. The lowest BCUT2D eigenvalue weighted by atomic mass is 10.1. The van der Waals surface area contributed by atoms with Gasteiger partial charge in [0.05, 0.1) is 18.9 Å². The average molecular weight is 370 g/mol. The molecule has 1 saturated heterocycles. The van der Waals surface area contributed by atoms with Crippen LogP contribution in [0.25, 0.3) is 11.3 Å². The van der Waals surface area contributed by atoms with Crippen LogP contribution in [-0.4, -0.2) is 43.5 Å². The van der Waals surface area contributed by atoms with Gasteiger partial charge in [0, 0.05) is 17.5 Å². The third-order valence-corrected chi connectivity index (χ3v) is 4.40. The molecular formula is C15H16ClN3O4S. The third kappa shape index (κ3) is 3.46. The average Bonchev–Trinajstić information content (AvgIpc) is 3.23. The summed E-state index contributed by atoms with van der Waals surface area (Å²) in [4.78, 5) is 16.6. The molecule has 1 atom stereocenters. The lowest BCUT2D eigenvalue weighted by Crippen LogP contribution is -2.48. The molecule has 9 heteroatoms. The number of fused-ring (bicyclic) bond motifs is 1. The second-order valence-corrected chi connectivity index (χ2v) is 6.03. The minimum atomic E-state index is -0.332. The Morgan fingerprint density at radius 3 is 3.04 bits per heavy atom. The van der Waals surface area contributed by atoms with Crippen LogP contribution in [0.4, 0.5) is 5.13 Å². The van der Waals surface area contributed by atoms with E-state index in [9.17, 15) is 4.79 Å². The van der Waals surface area contributed by atoms with Crippen molar-refractivity contribution in [1.29, 1.82) is 0 Å². The van der Waals surface area contributed by atoms with E-state index in [1.54, 1.807) is 0 Å². The minimum Gasteiger partial charge on any atom is -0.454 e. The number of amides is 1. The molecule has 1 aromatic carbocycles. The van der Waals surface area contributed by atoms with Crippen molar-refractivity contribution >= 4 is 34.8 Å². The quantitative estimate of drug-likeness (QED) is 0.859. The monoisotopic (exact) mass is 369 g/mol. The lowest BCUT2D eigenvalue weighted by Gasteiger charge is -2.22. The van der Waals surface area contributed by atoms with E-state index in [1.165, 1.54) is 11.3 Å². The molecule has 2 aromatic rings. The molecule has 0 saturated carbocycles. The fraction of sp³-hybridized carbons (Fsp3) is 0.333. The van der Waals surface area contributed by atoms with Gasteiger partial charge in [-0.05, 0) is 18.2 Å². The van der Waals surface area contributed by atoms with Gasteiger partial charge < -0.3 is 24.8 Å². The molecule has 2 N–H and O–H groups in total. The highest BCUT2D eigenvalue weighted by Crippen LogP contribution is 2.36.